The normalized spacial score (nSPS) is 6.00. The molecule has 0 heterocycles. The second kappa shape index (κ2) is 2.57. The molecule has 0 rings (SSSR count). The van der Waals surface area contributed by atoms with Gasteiger partial charge in [0.25, 0.3) is 0 Å². The summed E-state index contributed by atoms with van der Waals surface area (Å²) in [6.45, 7) is 0. The Morgan fingerprint density at radius 3 is 2.50 bits per heavy atom. The van der Waals surface area contributed by atoms with Crippen LogP contribution in [0.15, 0.2) is 6.08 Å². The Labute approximate surface area is 41.2 Å². The van der Waals surface area contributed by atoms with Crippen LogP contribution in [0.5, 0.6) is 0 Å². The van der Waals surface area contributed by atoms with E-state index in [1.807, 2.05) is 5.87 Å². The molecule has 0 aliphatic rings. The fraction of sp³-hybridized carbons (Fsp3) is 0. The van der Waals surface area contributed by atoms with Crippen LogP contribution in [0.3, 0.4) is 0 Å². The lowest BCUT2D eigenvalue weighted by Crippen LogP contribution is -2.01. The zero-order valence-corrected chi connectivity index (χ0v) is 3.88. The van der Waals surface area contributed by atoms with E-state index in [1.165, 1.54) is 6.08 Å². The van der Waals surface area contributed by atoms with Crippen molar-refractivity contribution in [2.45, 2.75) is 0 Å². The lowest BCUT2D eigenvalue weighted by atomic mass is 10.6. The zero-order valence-electron chi connectivity index (χ0n) is 3.06. The summed E-state index contributed by atoms with van der Waals surface area (Å²) in [5.74, 6) is 1.93. The van der Waals surface area contributed by atoms with Crippen molar-refractivity contribution in [3.8, 4) is 0 Å². The molecule has 6 heavy (non-hydrogen) atoms. The number of thiocarbonyl (C=S) groups is 1. The molecule has 0 bridgehead atoms. The zero-order chi connectivity index (χ0) is 4.99. The van der Waals surface area contributed by atoms with E-state index in [-0.39, 0.29) is 4.99 Å². The molecule has 0 saturated carbocycles. The van der Waals surface area contributed by atoms with E-state index >= 15 is 0 Å². The second-order valence-electron chi connectivity index (χ2n) is 0.691. The van der Waals surface area contributed by atoms with Crippen molar-refractivity contribution in [3.63, 3.8) is 0 Å². The molecule has 32 valence electrons. The average Bonchev–Trinajstić information content (AvgIpc) is 1.35. The van der Waals surface area contributed by atoms with Crippen LogP contribution in [0.4, 0.5) is 0 Å². The van der Waals surface area contributed by atoms with Gasteiger partial charge in [-0.15, -0.1) is 0 Å². The first-order valence-electron chi connectivity index (χ1n) is 1.32. The van der Waals surface area contributed by atoms with Gasteiger partial charge in [0.05, 0.1) is 0 Å². The Bertz CT molecular complexity index is 101. The number of nitrogens with two attached hydrogens (primary N) is 1. The van der Waals surface area contributed by atoms with E-state index in [2.05, 4.69) is 12.2 Å². The van der Waals surface area contributed by atoms with Gasteiger partial charge >= 0.3 is 0 Å². The van der Waals surface area contributed by atoms with Gasteiger partial charge in [0.15, 0.2) is 0 Å². The topological polar surface area (TPSA) is 49.9 Å². The van der Waals surface area contributed by atoms with Crippen LogP contribution in [0.1, 0.15) is 0 Å². The maximum Gasteiger partial charge on any atom is 0.106 e. The molecule has 3 heteroatoms. The molecule has 0 saturated heterocycles. The Balaban J connectivity index is 3.60. The van der Waals surface area contributed by atoms with Crippen LogP contribution in [0.2, 0.25) is 0 Å². The van der Waals surface area contributed by atoms with E-state index in [4.69, 9.17) is 11.1 Å². The summed E-state index contributed by atoms with van der Waals surface area (Å²) in [4.78, 5) is 0.199. The van der Waals surface area contributed by atoms with Crippen molar-refractivity contribution in [2.24, 2.45) is 5.73 Å². The van der Waals surface area contributed by atoms with Crippen molar-refractivity contribution in [1.29, 1.82) is 5.41 Å². The molecule has 0 aromatic rings. The first-order valence-corrected chi connectivity index (χ1v) is 1.73. The van der Waals surface area contributed by atoms with Gasteiger partial charge in [-0.1, -0.05) is 12.2 Å². The summed E-state index contributed by atoms with van der Waals surface area (Å²) >= 11 is 4.33. The van der Waals surface area contributed by atoms with E-state index < -0.39 is 0 Å². The summed E-state index contributed by atoms with van der Waals surface area (Å²) in [5, 5.41) is 6.26. The van der Waals surface area contributed by atoms with Crippen molar-refractivity contribution in [1.82, 2.24) is 0 Å². The van der Waals surface area contributed by atoms with Gasteiger partial charge in [0, 0.05) is 6.08 Å². The maximum absolute atomic E-state index is 6.26. The Hall–Kier alpha value is -0.660. The standard InChI is InChI=1S/C3H4N2S/c4-2-1-3(5)6/h1,4H,(H2,5,6). The van der Waals surface area contributed by atoms with Crippen LogP contribution in [0, 0.1) is 5.41 Å². The fourth-order valence-corrected chi connectivity index (χ4v) is 0.130. The minimum absolute atomic E-state index is 0.199. The average molecular weight is 100 g/mol. The molecule has 0 atom stereocenters. The van der Waals surface area contributed by atoms with E-state index in [0.717, 1.165) is 0 Å². The first-order chi connectivity index (χ1) is 2.77. The number of hydrogen-bond donors (Lipinski definition) is 2. The molecular weight excluding hydrogens is 96.1 g/mol. The molecule has 0 aromatic heterocycles. The highest BCUT2D eigenvalue weighted by molar-refractivity contribution is 7.80. The van der Waals surface area contributed by atoms with Gasteiger partial charge < -0.3 is 5.73 Å². The highest BCUT2D eigenvalue weighted by atomic mass is 32.1. The maximum atomic E-state index is 6.26. The first kappa shape index (κ1) is 5.34. The van der Waals surface area contributed by atoms with Gasteiger partial charge in [0.2, 0.25) is 0 Å². The third-order valence-corrected chi connectivity index (χ3v) is 0.332. The Morgan fingerprint density at radius 1 is 2.00 bits per heavy atom. The Kier molecular flexibility index (Phi) is 2.29. The van der Waals surface area contributed by atoms with E-state index in [1.54, 1.807) is 0 Å². The Morgan fingerprint density at radius 2 is 2.50 bits per heavy atom. The third kappa shape index (κ3) is 3.34. The second-order valence-corrected chi connectivity index (χ2v) is 1.16. The smallest absolute Gasteiger partial charge is 0.106 e. The van der Waals surface area contributed by atoms with E-state index in [0.29, 0.717) is 0 Å². The number of nitrogens with one attached hydrogen (secondary N) is 1. The summed E-state index contributed by atoms with van der Waals surface area (Å²) in [7, 11) is 0. The van der Waals surface area contributed by atoms with Gasteiger partial charge in [-0.2, -0.15) is 0 Å². The van der Waals surface area contributed by atoms with Crippen molar-refractivity contribution < 1.29 is 0 Å². The lowest BCUT2D eigenvalue weighted by Gasteiger charge is -1.70. The van der Waals surface area contributed by atoms with E-state index in [9.17, 15) is 0 Å². The van der Waals surface area contributed by atoms with Gasteiger partial charge in [-0.3, -0.25) is 5.41 Å². The fourth-order valence-electron chi connectivity index (χ4n) is 0.0711. The van der Waals surface area contributed by atoms with Crippen LogP contribution in [-0.2, 0) is 0 Å². The van der Waals surface area contributed by atoms with Gasteiger partial charge in [-0.25, -0.2) is 0 Å². The van der Waals surface area contributed by atoms with Gasteiger partial charge in [0.1, 0.15) is 4.99 Å². The molecule has 0 aliphatic heterocycles. The SMILES string of the molecule is N=C=CC(N)=S. The number of rotatable bonds is 1. The quantitative estimate of drug-likeness (QED) is 0.278. The number of hydrogen-bond acceptors (Lipinski definition) is 2. The molecule has 3 N–H and O–H groups in total. The van der Waals surface area contributed by atoms with Crippen molar-refractivity contribution >= 4 is 23.1 Å². The summed E-state index contributed by atoms with van der Waals surface area (Å²) < 4.78 is 0. The predicted octanol–water partition coefficient (Wildman–Crippen LogP) is 0.0772. The molecule has 0 fully saturated rings. The van der Waals surface area contributed by atoms with Crippen LogP contribution < -0.4 is 5.73 Å². The summed E-state index contributed by atoms with van der Waals surface area (Å²) in [5.41, 5.74) is 4.90. The minimum atomic E-state index is 0.199. The van der Waals surface area contributed by atoms with Gasteiger partial charge in [-0.05, 0) is 5.87 Å². The molecule has 0 aromatic carbocycles. The highest BCUT2D eigenvalue weighted by Gasteiger charge is 1.67. The minimum Gasteiger partial charge on any atom is -0.389 e. The van der Waals surface area contributed by atoms with Crippen molar-refractivity contribution in [2.75, 3.05) is 0 Å². The summed E-state index contributed by atoms with van der Waals surface area (Å²) in [6.07, 6.45) is 1.22. The largest absolute Gasteiger partial charge is 0.389 e. The van der Waals surface area contributed by atoms with Crippen LogP contribution in [0.25, 0.3) is 0 Å². The van der Waals surface area contributed by atoms with Crippen LogP contribution in [-0.4, -0.2) is 10.9 Å². The monoisotopic (exact) mass is 100 g/mol. The molecular formula is C3H4N2S. The highest BCUT2D eigenvalue weighted by Crippen LogP contribution is 1.57. The molecule has 0 unspecified atom stereocenters. The lowest BCUT2D eigenvalue weighted by molar-refractivity contribution is 1.59. The summed E-state index contributed by atoms with van der Waals surface area (Å²) in [6, 6.07) is 0. The predicted molar refractivity (Wildman–Crippen MR) is 29.1 cm³/mol. The molecule has 2 nitrogen and oxygen atoms in total. The van der Waals surface area contributed by atoms with Crippen molar-refractivity contribution in [3.05, 3.63) is 6.08 Å². The third-order valence-electron chi connectivity index (χ3n) is 0.214. The van der Waals surface area contributed by atoms with Crippen LogP contribution >= 0.6 is 12.2 Å². The molecule has 0 amide bonds. The molecule has 0 spiro atoms. The molecule has 0 aliphatic carbocycles. The molecule has 0 radical (unpaired) electrons.